The molecule has 10 heavy (non-hydrogen) atoms. The molecule has 0 saturated carbocycles. The Morgan fingerprint density at radius 1 is 1.30 bits per heavy atom. The monoisotopic (exact) mass is 164 g/mol. The maximum Gasteiger partial charge on any atom is 0.333 e. The van der Waals surface area contributed by atoms with Crippen LogP contribution in [0.2, 0.25) is 0 Å². The van der Waals surface area contributed by atoms with Crippen molar-refractivity contribution >= 4 is 8.60 Å². The van der Waals surface area contributed by atoms with Crippen LogP contribution in [0.15, 0.2) is 0 Å². The molecule has 1 fully saturated rings. The van der Waals surface area contributed by atoms with Gasteiger partial charge in [0, 0.05) is 0 Å². The van der Waals surface area contributed by atoms with Crippen LogP contribution in [0.1, 0.15) is 20.8 Å². The first-order valence-corrected chi connectivity index (χ1v) is 4.60. The predicted octanol–water partition coefficient (Wildman–Crippen LogP) is 2.07. The van der Waals surface area contributed by atoms with Crippen LogP contribution < -0.4 is 0 Å². The highest BCUT2D eigenvalue weighted by Crippen LogP contribution is 2.48. The van der Waals surface area contributed by atoms with E-state index in [0.717, 1.165) is 0 Å². The van der Waals surface area contributed by atoms with E-state index in [1.54, 1.807) is 0 Å². The van der Waals surface area contributed by atoms with Crippen molar-refractivity contribution in [2.24, 2.45) is 0 Å². The molecule has 0 N–H and O–H groups in total. The van der Waals surface area contributed by atoms with Crippen molar-refractivity contribution in [2.75, 3.05) is 6.61 Å². The highest BCUT2D eigenvalue weighted by atomic mass is 31.2. The molecule has 60 valence electrons. The molecular weight excluding hydrogens is 151 g/mol. The molecule has 0 spiro atoms. The van der Waals surface area contributed by atoms with Gasteiger partial charge < -0.3 is 13.6 Å². The zero-order valence-electron chi connectivity index (χ0n) is 6.53. The van der Waals surface area contributed by atoms with Gasteiger partial charge in [-0.2, -0.15) is 0 Å². The van der Waals surface area contributed by atoms with Crippen molar-refractivity contribution in [3.63, 3.8) is 0 Å². The normalized spacial score (nSPS) is 35.1. The molecule has 3 nitrogen and oxygen atoms in total. The smallest absolute Gasteiger partial charge is 0.313 e. The Morgan fingerprint density at radius 2 is 1.80 bits per heavy atom. The summed E-state index contributed by atoms with van der Waals surface area (Å²) < 4.78 is 15.8. The van der Waals surface area contributed by atoms with Gasteiger partial charge in [0.2, 0.25) is 0 Å². The van der Waals surface area contributed by atoms with E-state index >= 15 is 0 Å². The molecule has 1 heterocycles. The second-order valence-corrected chi connectivity index (χ2v) is 3.39. The van der Waals surface area contributed by atoms with Crippen molar-refractivity contribution < 1.29 is 13.6 Å². The third-order valence-electron chi connectivity index (χ3n) is 1.40. The van der Waals surface area contributed by atoms with Crippen LogP contribution in [-0.2, 0) is 13.6 Å². The first-order chi connectivity index (χ1) is 4.74. The second-order valence-electron chi connectivity index (χ2n) is 2.26. The second kappa shape index (κ2) is 3.63. The van der Waals surface area contributed by atoms with Gasteiger partial charge in [-0.05, 0) is 20.8 Å². The Hall–Kier alpha value is 0.310. The summed E-state index contributed by atoms with van der Waals surface area (Å²) in [5.41, 5.74) is 0. The van der Waals surface area contributed by atoms with E-state index in [-0.39, 0.29) is 12.2 Å². The van der Waals surface area contributed by atoms with Gasteiger partial charge in [0.05, 0.1) is 18.8 Å². The van der Waals surface area contributed by atoms with Gasteiger partial charge in [0.1, 0.15) is 0 Å². The molecule has 1 aliphatic heterocycles. The van der Waals surface area contributed by atoms with Crippen LogP contribution in [0.5, 0.6) is 0 Å². The lowest BCUT2D eigenvalue weighted by Crippen LogP contribution is -2.13. The molecule has 1 saturated heterocycles. The summed E-state index contributed by atoms with van der Waals surface area (Å²) in [5, 5.41) is 0. The third-order valence-corrected chi connectivity index (χ3v) is 2.88. The molecule has 1 rings (SSSR count). The van der Waals surface area contributed by atoms with Gasteiger partial charge in [-0.25, -0.2) is 0 Å². The van der Waals surface area contributed by atoms with Crippen LogP contribution in [0.3, 0.4) is 0 Å². The summed E-state index contributed by atoms with van der Waals surface area (Å²) in [6, 6.07) is 0. The minimum Gasteiger partial charge on any atom is -0.313 e. The molecule has 0 aromatic carbocycles. The maximum atomic E-state index is 5.33. The van der Waals surface area contributed by atoms with E-state index in [2.05, 4.69) is 0 Å². The van der Waals surface area contributed by atoms with Crippen LogP contribution in [0.4, 0.5) is 0 Å². The summed E-state index contributed by atoms with van der Waals surface area (Å²) in [6.07, 6.45) is 0.357. The summed E-state index contributed by atoms with van der Waals surface area (Å²) in [7, 11) is -1.02. The highest BCUT2D eigenvalue weighted by molar-refractivity contribution is 7.42. The molecule has 0 radical (unpaired) electrons. The van der Waals surface area contributed by atoms with E-state index in [4.69, 9.17) is 13.6 Å². The molecule has 0 aliphatic carbocycles. The predicted molar refractivity (Wildman–Crippen MR) is 39.6 cm³/mol. The van der Waals surface area contributed by atoms with E-state index in [9.17, 15) is 0 Å². The zero-order chi connectivity index (χ0) is 7.56. The molecule has 0 aromatic heterocycles. The van der Waals surface area contributed by atoms with Gasteiger partial charge in [-0.3, -0.25) is 0 Å². The lowest BCUT2D eigenvalue weighted by Gasteiger charge is -2.04. The average molecular weight is 164 g/mol. The summed E-state index contributed by atoms with van der Waals surface area (Å²) >= 11 is 0. The standard InChI is InChI=1S/C6H13O3P/c1-4-7-10-8-5(2)6(3)9-10/h5-6H,4H2,1-3H3/t5-,6-/m0/s1. The molecule has 0 aromatic rings. The van der Waals surface area contributed by atoms with Crippen LogP contribution >= 0.6 is 8.60 Å². The first kappa shape index (κ1) is 8.41. The molecule has 0 bridgehead atoms. The lowest BCUT2D eigenvalue weighted by molar-refractivity contribution is 0.187. The minimum absolute atomic E-state index is 0.178. The first-order valence-electron chi connectivity index (χ1n) is 3.50. The van der Waals surface area contributed by atoms with Gasteiger partial charge in [0.15, 0.2) is 0 Å². The Balaban J connectivity index is 2.27. The third kappa shape index (κ3) is 1.89. The maximum absolute atomic E-state index is 5.33. The van der Waals surface area contributed by atoms with Gasteiger partial charge in [0.25, 0.3) is 0 Å². The number of hydrogen-bond donors (Lipinski definition) is 0. The number of hydrogen-bond acceptors (Lipinski definition) is 3. The summed E-state index contributed by atoms with van der Waals surface area (Å²) in [4.78, 5) is 0. The number of rotatable bonds is 2. The topological polar surface area (TPSA) is 27.7 Å². The van der Waals surface area contributed by atoms with E-state index in [1.165, 1.54) is 0 Å². The highest BCUT2D eigenvalue weighted by Gasteiger charge is 2.31. The SMILES string of the molecule is CCOP1O[C@@H](C)[C@H](C)O1. The van der Waals surface area contributed by atoms with Crippen LogP contribution in [-0.4, -0.2) is 18.8 Å². The quantitative estimate of drug-likeness (QED) is 0.585. The van der Waals surface area contributed by atoms with E-state index < -0.39 is 8.60 Å². The van der Waals surface area contributed by atoms with Crippen molar-refractivity contribution in [2.45, 2.75) is 33.0 Å². The van der Waals surface area contributed by atoms with Crippen LogP contribution in [0.25, 0.3) is 0 Å². The summed E-state index contributed by atoms with van der Waals surface area (Å²) in [5.74, 6) is 0. The largest absolute Gasteiger partial charge is 0.333 e. The van der Waals surface area contributed by atoms with E-state index in [1.807, 2.05) is 20.8 Å². The van der Waals surface area contributed by atoms with E-state index in [0.29, 0.717) is 6.61 Å². The summed E-state index contributed by atoms with van der Waals surface area (Å²) in [6.45, 7) is 6.58. The Bertz CT molecular complexity index is 99.2. The Labute approximate surface area is 62.7 Å². The van der Waals surface area contributed by atoms with Crippen molar-refractivity contribution in [1.82, 2.24) is 0 Å². The van der Waals surface area contributed by atoms with Crippen molar-refractivity contribution in [1.29, 1.82) is 0 Å². The minimum atomic E-state index is -1.02. The van der Waals surface area contributed by atoms with Gasteiger partial charge >= 0.3 is 8.60 Å². The molecule has 0 amide bonds. The molecular formula is C6H13O3P. The fourth-order valence-electron chi connectivity index (χ4n) is 0.634. The van der Waals surface area contributed by atoms with Gasteiger partial charge in [-0.15, -0.1) is 0 Å². The fourth-order valence-corrected chi connectivity index (χ4v) is 1.90. The zero-order valence-corrected chi connectivity index (χ0v) is 7.43. The lowest BCUT2D eigenvalue weighted by atomic mass is 10.3. The van der Waals surface area contributed by atoms with Crippen LogP contribution in [0, 0.1) is 0 Å². The fraction of sp³-hybridized carbons (Fsp3) is 1.00. The molecule has 2 atom stereocenters. The molecule has 0 unspecified atom stereocenters. The van der Waals surface area contributed by atoms with Gasteiger partial charge in [-0.1, -0.05) is 0 Å². The Kier molecular flexibility index (Phi) is 3.05. The molecule has 4 heteroatoms. The van der Waals surface area contributed by atoms with Crippen molar-refractivity contribution in [3.05, 3.63) is 0 Å². The molecule has 1 aliphatic rings. The average Bonchev–Trinajstić information content (AvgIpc) is 2.14. The van der Waals surface area contributed by atoms with Crippen molar-refractivity contribution in [3.8, 4) is 0 Å². The Morgan fingerprint density at radius 3 is 2.20 bits per heavy atom.